The summed E-state index contributed by atoms with van der Waals surface area (Å²) < 4.78 is 5.14. The average molecular weight is 215 g/mol. The van der Waals surface area contributed by atoms with Gasteiger partial charge in [0.15, 0.2) is 0 Å². The zero-order valence-electron chi connectivity index (χ0n) is 9.61. The van der Waals surface area contributed by atoms with E-state index in [0.29, 0.717) is 0 Å². The summed E-state index contributed by atoms with van der Waals surface area (Å²) in [7, 11) is 1.58. The zero-order valence-corrected chi connectivity index (χ0v) is 9.61. The fourth-order valence-corrected chi connectivity index (χ4v) is 2.12. The summed E-state index contributed by atoms with van der Waals surface area (Å²) >= 11 is 0. The first-order chi connectivity index (χ1) is 7.15. The molecule has 1 N–H and O–H groups in total. The second-order valence-electron chi connectivity index (χ2n) is 4.33. The third-order valence-electron chi connectivity index (χ3n) is 2.93. The lowest BCUT2D eigenvalue weighted by molar-refractivity contribution is -0.140. The monoisotopic (exact) mass is 215 g/mol. The van der Waals surface area contributed by atoms with E-state index in [2.05, 4.69) is 11.8 Å². The van der Waals surface area contributed by atoms with Crippen LogP contribution < -0.4 is 0 Å². The Bertz CT molecular complexity index is 202. The molecule has 0 aliphatic carbocycles. The SMILES string of the molecule is CCCC1CN(CC(CC(=O)O)OC)C1. The molecule has 1 unspecified atom stereocenters. The Morgan fingerprint density at radius 1 is 1.60 bits per heavy atom. The molecule has 1 atom stereocenters. The van der Waals surface area contributed by atoms with E-state index in [0.717, 1.165) is 25.6 Å². The molecule has 4 heteroatoms. The van der Waals surface area contributed by atoms with E-state index in [1.54, 1.807) is 7.11 Å². The second kappa shape index (κ2) is 6.08. The van der Waals surface area contributed by atoms with E-state index >= 15 is 0 Å². The molecule has 0 aromatic carbocycles. The van der Waals surface area contributed by atoms with Crippen LogP contribution in [0.4, 0.5) is 0 Å². The third kappa shape index (κ3) is 4.18. The summed E-state index contributed by atoms with van der Waals surface area (Å²) in [6, 6.07) is 0. The van der Waals surface area contributed by atoms with Gasteiger partial charge in [-0.05, 0) is 12.3 Å². The number of carbonyl (C=O) groups is 1. The number of likely N-dealkylation sites (tertiary alicyclic amines) is 1. The Morgan fingerprint density at radius 3 is 2.73 bits per heavy atom. The lowest BCUT2D eigenvalue weighted by Crippen LogP contribution is -2.50. The summed E-state index contributed by atoms with van der Waals surface area (Å²) in [6.45, 7) is 5.16. The van der Waals surface area contributed by atoms with Gasteiger partial charge >= 0.3 is 5.97 Å². The van der Waals surface area contributed by atoms with Gasteiger partial charge in [-0.25, -0.2) is 0 Å². The molecular formula is C11H21NO3. The Hall–Kier alpha value is -0.610. The van der Waals surface area contributed by atoms with Gasteiger partial charge < -0.3 is 14.7 Å². The molecule has 1 fully saturated rings. The Balaban J connectivity index is 2.15. The van der Waals surface area contributed by atoms with Crippen molar-refractivity contribution in [1.29, 1.82) is 0 Å². The van der Waals surface area contributed by atoms with Gasteiger partial charge in [-0.2, -0.15) is 0 Å². The van der Waals surface area contributed by atoms with Crippen molar-refractivity contribution in [1.82, 2.24) is 4.90 Å². The molecule has 0 aromatic rings. The summed E-state index contributed by atoms with van der Waals surface area (Å²) in [6.07, 6.45) is 2.46. The van der Waals surface area contributed by atoms with Gasteiger partial charge in [-0.15, -0.1) is 0 Å². The predicted octanol–water partition coefficient (Wildman–Crippen LogP) is 1.21. The van der Waals surface area contributed by atoms with E-state index in [4.69, 9.17) is 9.84 Å². The van der Waals surface area contributed by atoms with E-state index in [9.17, 15) is 4.79 Å². The highest BCUT2D eigenvalue weighted by Crippen LogP contribution is 2.21. The minimum absolute atomic E-state index is 0.103. The van der Waals surface area contributed by atoms with Crippen molar-refractivity contribution in [3.8, 4) is 0 Å². The predicted molar refractivity (Wildman–Crippen MR) is 57.9 cm³/mol. The Morgan fingerprint density at radius 2 is 2.27 bits per heavy atom. The minimum atomic E-state index is -0.785. The summed E-state index contributed by atoms with van der Waals surface area (Å²) in [5.74, 6) is 0.0322. The van der Waals surface area contributed by atoms with Gasteiger partial charge in [0.1, 0.15) is 0 Å². The molecular weight excluding hydrogens is 194 g/mol. The first kappa shape index (κ1) is 12.5. The number of nitrogens with zero attached hydrogens (tertiary/aromatic N) is 1. The van der Waals surface area contributed by atoms with E-state index in [1.807, 2.05) is 0 Å². The van der Waals surface area contributed by atoms with Crippen LogP contribution in [0.3, 0.4) is 0 Å². The van der Waals surface area contributed by atoms with E-state index in [-0.39, 0.29) is 12.5 Å². The van der Waals surface area contributed by atoms with Crippen molar-refractivity contribution in [2.45, 2.75) is 32.3 Å². The van der Waals surface area contributed by atoms with Crippen molar-refractivity contribution in [3.05, 3.63) is 0 Å². The maximum atomic E-state index is 10.5. The molecule has 1 aliphatic heterocycles. The highest BCUT2D eigenvalue weighted by Gasteiger charge is 2.28. The molecule has 0 saturated carbocycles. The van der Waals surface area contributed by atoms with Crippen molar-refractivity contribution < 1.29 is 14.6 Å². The van der Waals surface area contributed by atoms with Gasteiger partial charge in [0.05, 0.1) is 12.5 Å². The lowest BCUT2D eigenvalue weighted by atomic mass is 9.94. The van der Waals surface area contributed by atoms with Crippen molar-refractivity contribution >= 4 is 5.97 Å². The molecule has 1 rings (SSSR count). The Kier molecular flexibility index (Phi) is 5.05. The van der Waals surface area contributed by atoms with Crippen LogP contribution in [-0.4, -0.2) is 48.8 Å². The molecule has 0 amide bonds. The summed E-state index contributed by atoms with van der Waals surface area (Å²) in [5, 5.41) is 8.66. The summed E-state index contributed by atoms with van der Waals surface area (Å²) in [5.41, 5.74) is 0. The van der Waals surface area contributed by atoms with Gasteiger partial charge in [0.25, 0.3) is 0 Å². The smallest absolute Gasteiger partial charge is 0.306 e. The van der Waals surface area contributed by atoms with Crippen LogP contribution in [0.1, 0.15) is 26.2 Å². The highest BCUT2D eigenvalue weighted by molar-refractivity contribution is 5.67. The largest absolute Gasteiger partial charge is 0.481 e. The average Bonchev–Trinajstić information content (AvgIpc) is 2.12. The van der Waals surface area contributed by atoms with Crippen LogP contribution in [0.15, 0.2) is 0 Å². The van der Waals surface area contributed by atoms with Crippen LogP contribution in [0.25, 0.3) is 0 Å². The van der Waals surface area contributed by atoms with Gasteiger partial charge in [-0.3, -0.25) is 4.79 Å². The minimum Gasteiger partial charge on any atom is -0.481 e. The number of rotatable bonds is 7. The number of hydrogen-bond acceptors (Lipinski definition) is 3. The van der Waals surface area contributed by atoms with E-state index < -0.39 is 5.97 Å². The first-order valence-corrected chi connectivity index (χ1v) is 5.62. The number of ether oxygens (including phenoxy) is 1. The van der Waals surface area contributed by atoms with Crippen LogP contribution in [0, 0.1) is 5.92 Å². The third-order valence-corrected chi connectivity index (χ3v) is 2.93. The van der Waals surface area contributed by atoms with Crippen LogP contribution in [-0.2, 0) is 9.53 Å². The van der Waals surface area contributed by atoms with Gasteiger partial charge in [-0.1, -0.05) is 13.3 Å². The van der Waals surface area contributed by atoms with Crippen LogP contribution >= 0.6 is 0 Å². The molecule has 1 saturated heterocycles. The molecule has 0 spiro atoms. The number of aliphatic carboxylic acids is 1. The van der Waals surface area contributed by atoms with Crippen molar-refractivity contribution in [3.63, 3.8) is 0 Å². The molecule has 0 aromatic heterocycles. The molecule has 1 aliphatic rings. The van der Waals surface area contributed by atoms with Crippen LogP contribution in [0.5, 0.6) is 0 Å². The second-order valence-corrected chi connectivity index (χ2v) is 4.33. The molecule has 15 heavy (non-hydrogen) atoms. The fourth-order valence-electron chi connectivity index (χ4n) is 2.12. The standard InChI is InChI=1S/C11H21NO3/c1-3-4-9-6-12(7-9)8-10(15-2)5-11(13)14/h9-10H,3-8H2,1-2H3,(H,13,14). The van der Waals surface area contributed by atoms with Gasteiger partial charge in [0, 0.05) is 26.7 Å². The van der Waals surface area contributed by atoms with E-state index in [1.165, 1.54) is 12.8 Å². The highest BCUT2D eigenvalue weighted by atomic mass is 16.5. The molecule has 1 heterocycles. The number of methoxy groups -OCH3 is 1. The normalized spacial score (nSPS) is 19.9. The molecule has 0 bridgehead atoms. The topological polar surface area (TPSA) is 49.8 Å². The fraction of sp³-hybridized carbons (Fsp3) is 0.909. The van der Waals surface area contributed by atoms with Crippen LogP contribution in [0.2, 0.25) is 0 Å². The number of carboxylic acids is 1. The maximum absolute atomic E-state index is 10.5. The lowest BCUT2D eigenvalue weighted by Gasteiger charge is -2.40. The number of hydrogen-bond donors (Lipinski definition) is 1. The molecule has 0 radical (unpaired) electrons. The Labute approximate surface area is 91.2 Å². The zero-order chi connectivity index (χ0) is 11.3. The van der Waals surface area contributed by atoms with Gasteiger partial charge in [0.2, 0.25) is 0 Å². The molecule has 4 nitrogen and oxygen atoms in total. The number of carboxylic acid groups (broad SMARTS) is 1. The summed E-state index contributed by atoms with van der Waals surface area (Å²) in [4.78, 5) is 12.8. The van der Waals surface area contributed by atoms with Crippen molar-refractivity contribution in [2.24, 2.45) is 5.92 Å². The van der Waals surface area contributed by atoms with Crippen molar-refractivity contribution in [2.75, 3.05) is 26.7 Å². The first-order valence-electron chi connectivity index (χ1n) is 5.62. The molecule has 88 valence electrons. The maximum Gasteiger partial charge on any atom is 0.306 e. The quantitative estimate of drug-likeness (QED) is 0.693.